The number of nitrogens with two attached hydrogens (primary N) is 1. The minimum atomic E-state index is -1.27. The van der Waals surface area contributed by atoms with Crippen LogP contribution in [0.5, 0.6) is 0 Å². The SMILES string of the molecule is Cc1ccc2c(c1C)N(CCCN)c1ccc(C#N)cc1S2=O. The van der Waals surface area contributed by atoms with Crippen molar-refractivity contribution in [3.63, 3.8) is 0 Å². The third kappa shape index (κ3) is 2.54. The standard InChI is InChI=1S/C18H19N3OS/c1-12-4-7-16-18(13(12)2)21(9-3-8-19)15-6-5-14(11-20)10-17(15)23(16)22/h4-7,10H,3,8-9,19H2,1-2H3. The Kier molecular flexibility index (Phi) is 4.20. The summed E-state index contributed by atoms with van der Waals surface area (Å²) in [6.45, 7) is 5.50. The van der Waals surface area contributed by atoms with Crippen molar-refractivity contribution in [3.8, 4) is 6.07 Å². The lowest BCUT2D eigenvalue weighted by Gasteiger charge is -2.34. The first kappa shape index (κ1) is 15.7. The normalized spacial score (nSPS) is 15.7. The highest BCUT2D eigenvalue weighted by Gasteiger charge is 2.29. The van der Waals surface area contributed by atoms with Crippen molar-refractivity contribution in [2.75, 3.05) is 18.0 Å². The average molecular weight is 325 g/mol. The van der Waals surface area contributed by atoms with Gasteiger partial charge in [-0.2, -0.15) is 5.26 Å². The summed E-state index contributed by atoms with van der Waals surface area (Å²) < 4.78 is 13.0. The minimum absolute atomic E-state index is 0.531. The van der Waals surface area contributed by atoms with Gasteiger partial charge in [-0.05, 0) is 62.2 Å². The summed E-state index contributed by atoms with van der Waals surface area (Å²) in [7, 11) is -1.27. The second-order valence-corrected chi connectivity index (χ2v) is 7.13. The second kappa shape index (κ2) is 6.15. The Morgan fingerprint density at radius 2 is 2.00 bits per heavy atom. The lowest BCUT2D eigenvalue weighted by atomic mass is 10.1. The van der Waals surface area contributed by atoms with E-state index in [-0.39, 0.29) is 0 Å². The van der Waals surface area contributed by atoms with Gasteiger partial charge in [-0.3, -0.25) is 0 Å². The van der Waals surface area contributed by atoms with Gasteiger partial charge in [0.05, 0.1) is 43.6 Å². The van der Waals surface area contributed by atoms with Crippen LogP contribution in [0.25, 0.3) is 0 Å². The monoisotopic (exact) mass is 325 g/mol. The van der Waals surface area contributed by atoms with Gasteiger partial charge in [0, 0.05) is 6.54 Å². The molecule has 0 bridgehead atoms. The zero-order chi connectivity index (χ0) is 16.6. The van der Waals surface area contributed by atoms with Crippen molar-refractivity contribution in [2.45, 2.75) is 30.1 Å². The maximum absolute atomic E-state index is 13.0. The molecule has 4 nitrogen and oxygen atoms in total. The first-order valence-electron chi connectivity index (χ1n) is 7.62. The minimum Gasteiger partial charge on any atom is -0.339 e. The van der Waals surface area contributed by atoms with Crippen LogP contribution in [0.3, 0.4) is 0 Å². The molecule has 3 rings (SSSR count). The molecule has 5 heteroatoms. The summed E-state index contributed by atoms with van der Waals surface area (Å²) in [6.07, 6.45) is 0.846. The van der Waals surface area contributed by atoms with E-state index in [0.717, 1.165) is 34.8 Å². The highest BCUT2D eigenvalue weighted by molar-refractivity contribution is 7.85. The summed E-state index contributed by atoms with van der Waals surface area (Å²) in [6, 6.07) is 11.5. The van der Waals surface area contributed by atoms with Crippen molar-refractivity contribution in [3.05, 3.63) is 47.0 Å². The molecule has 0 aliphatic carbocycles. The van der Waals surface area contributed by atoms with Crippen LogP contribution < -0.4 is 10.6 Å². The van der Waals surface area contributed by atoms with Crippen molar-refractivity contribution in [2.24, 2.45) is 5.73 Å². The fourth-order valence-corrected chi connectivity index (χ4v) is 4.41. The first-order chi connectivity index (χ1) is 11.1. The van der Waals surface area contributed by atoms with Crippen LogP contribution in [0.1, 0.15) is 23.1 Å². The van der Waals surface area contributed by atoms with Gasteiger partial charge in [-0.1, -0.05) is 6.07 Å². The van der Waals surface area contributed by atoms with Crippen molar-refractivity contribution >= 4 is 22.2 Å². The molecule has 0 radical (unpaired) electrons. The summed E-state index contributed by atoms with van der Waals surface area (Å²) in [5.74, 6) is 0. The molecular formula is C18H19N3OS. The highest BCUT2D eigenvalue weighted by atomic mass is 32.2. The third-order valence-electron chi connectivity index (χ3n) is 4.30. The van der Waals surface area contributed by atoms with Gasteiger partial charge in [0.25, 0.3) is 0 Å². The maximum Gasteiger partial charge on any atom is 0.0992 e. The molecule has 0 aromatic heterocycles. The lowest BCUT2D eigenvalue weighted by Crippen LogP contribution is -2.27. The zero-order valence-corrected chi connectivity index (χ0v) is 14.1. The van der Waals surface area contributed by atoms with E-state index in [2.05, 4.69) is 24.8 Å². The Hall–Kier alpha value is -2.16. The fraction of sp³-hybridized carbons (Fsp3) is 0.278. The Morgan fingerprint density at radius 3 is 2.70 bits per heavy atom. The first-order valence-corrected chi connectivity index (χ1v) is 8.77. The second-order valence-electron chi connectivity index (χ2n) is 5.71. The van der Waals surface area contributed by atoms with Gasteiger partial charge in [0.1, 0.15) is 0 Å². The summed E-state index contributed by atoms with van der Waals surface area (Å²) >= 11 is 0. The highest BCUT2D eigenvalue weighted by Crippen LogP contribution is 2.44. The summed E-state index contributed by atoms with van der Waals surface area (Å²) in [5, 5.41) is 9.13. The topological polar surface area (TPSA) is 70.1 Å². The van der Waals surface area contributed by atoms with E-state index in [4.69, 9.17) is 11.0 Å². The molecule has 0 fully saturated rings. The van der Waals surface area contributed by atoms with E-state index in [1.165, 1.54) is 5.56 Å². The molecule has 1 atom stereocenters. The number of hydrogen-bond donors (Lipinski definition) is 1. The number of rotatable bonds is 3. The molecule has 1 aliphatic heterocycles. The van der Waals surface area contributed by atoms with Crippen LogP contribution in [0, 0.1) is 25.2 Å². The maximum atomic E-state index is 13.0. The van der Waals surface area contributed by atoms with E-state index in [9.17, 15) is 4.21 Å². The van der Waals surface area contributed by atoms with E-state index < -0.39 is 10.8 Å². The van der Waals surface area contributed by atoms with Crippen LogP contribution in [-0.2, 0) is 10.8 Å². The largest absolute Gasteiger partial charge is 0.339 e. The Labute approximate surface area is 139 Å². The molecular weight excluding hydrogens is 306 g/mol. The Morgan fingerprint density at radius 1 is 1.22 bits per heavy atom. The molecule has 2 N–H and O–H groups in total. The predicted molar refractivity (Wildman–Crippen MR) is 92.4 cm³/mol. The van der Waals surface area contributed by atoms with Crippen LogP contribution in [0.4, 0.5) is 11.4 Å². The summed E-state index contributed by atoms with van der Waals surface area (Å²) in [5.41, 5.74) is 10.5. The Balaban J connectivity index is 2.25. The van der Waals surface area contributed by atoms with Gasteiger partial charge < -0.3 is 10.6 Å². The average Bonchev–Trinajstić information content (AvgIpc) is 2.57. The molecule has 0 amide bonds. The van der Waals surface area contributed by atoms with Gasteiger partial charge in [-0.15, -0.1) is 0 Å². The number of nitriles is 1. The number of benzene rings is 2. The van der Waals surface area contributed by atoms with E-state index in [1.54, 1.807) is 12.1 Å². The molecule has 1 unspecified atom stereocenters. The number of fused-ring (bicyclic) bond motifs is 2. The van der Waals surface area contributed by atoms with Crippen LogP contribution in [0.15, 0.2) is 40.1 Å². The van der Waals surface area contributed by atoms with Gasteiger partial charge in [0.2, 0.25) is 0 Å². The van der Waals surface area contributed by atoms with Crippen LogP contribution in [-0.4, -0.2) is 17.3 Å². The summed E-state index contributed by atoms with van der Waals surface area (Å²) in [4.78, 5) is 3.71. The van der Waals surface area contributed by atoms with Gasteiger partial charge >= 0.3 is 0 Å². The quantitative estimate of drug-likeness (QED) is 0.941. The van der Waals surface area contributed by atoms with Crippen molar-refractivity contribution in [1.29, 1.82) is 5.26 Å². The van der Waals surface area contributed by atoms with Crippen molar-refractivity contribution < 1.29 is 4.21 Å². The molecule has 1 heterocycles. The Bertz CT molecular complexity index is 839. The third-order valence-corrected chi connectivity index (χ3v) is 5.76. The number of nitrogens with zero attached hydrogens (tertiary/aromatic N) is 2. The fourth-order valence-electron chi connectivity index (χ4n) is 2.94. The molecule has 1 aliphatic rings. The number of aryl methyl sites for hydroxylation is 1. The van der Waals surface area contributed by atoms with Gasteiger partial charge in [-0.25, -0.2) is 4.21 Å². The van der Waals surface area contributed by atoms with Gasteiger partial charge in [0.15, 0.2) is 0 Å². The van der Waals surface area contributed by atoms with E-state index in [1.807, 2.05) is 18.2 Å². The molecule has 0 spiro atoms. The number of anilines is 2. The number of hydrogen-bond acceptors (Lipinski definition) is 4. The molecule has 2 aromatic rings. The molecule has 2 aromatic carbocycles. The smallest absolute Gasteiger partial charge is 0.0992 e. The van der Waals surface area contributed by atoms with Crippen molar-refractivity contribution in [1.82, 2.24) is 0 Å². The molecule has 23 heavy (non-hydrogen) atoms. The molecule has 0 saturated carbocycles. The van der Waals surface area contributed by atoms with Crippen LogP contribution >= 0.6 is 0 Å². The van der Waals surface area contributed by atoms with Crippen LogP contribution in [0.2, 0.25) is 0 Å². The predicted octanol–water partition coefficient (Wildman–Crippen LogP) is 3.14. The van der Waals surface area contributed by atoms with E-state index >= 15 is 0 Å². The molecule has 118 valence electrons. The zero-order valence-electron chi connectivity index (χ0n) is 13.3. The molecule has 0 saturated heterocycles. The van der Waals surface area contributed by atoms with E-state index in [0.29, 0.717) is 17.0 Å². The lowest BCUT2D eigenvalue weighted by molar-refractivity contribution is 0.680.